The molecule has 112 valence electrons. The van der Waals surface area contributed by atoms with Crippen molar-refractivity contribution < 1.29 is 9.18 Å². The van der Waals surface area contributed by atoms with Crippen LogP contribution in [0.5, 0.6) is 0 Å². The predicted molar refractivity (Wildman–Crippen MR) is 80.8 cm³/mol. The Bertz CT molecular complexity index is 446. The van der Waals surface area contributed by atoms with Crippen molar-refractivity contribution in [3.63, 3.8) is 0 Å². The zero-order chi connectivity index (χ0) is 15.1. The Hall–Kier alpha value is -1.26. The number of hydrogen-bond donors (Lipinski definition) is 0. The molecule has 3 nitrogen and oxygen atoms in total. The zero-order valence-corrected chi connectivity index (χ0v) is 12.9. The van der Waals surface area contributed by atoms with Gasteiger partial charge in [0.2, 0.25) is 0 Å². The van der Waals surface area contributed by atoms with E-state index in [9.17, 15) is 9.18 Å². The second-order valence-corrected chi connectivity index (χ2v) is 5.60. The van der Waals surface area contributed by atoms with E-state index in [1.54, 1.807) is 19.1 Å². The molecule has 0 bridgehead atoms. The molecule has 0 saturated carbocycles. The topological polar surface area (TPSA) is 23.6 Å². The van der Waals surface area contributed by atoms with E-state index in [0.717, 1.165) is 19.5 Å². The monoisotopic (exact) mass is 280 g/mol. The van der Waals surface area contributed by atoms with Crippen molar-refractivity contribution in [1.29, 1.82) is 0 Å². The predicted octanol–water partition coefficient (Wildman–Crippen LogP) is 2.59. The van der Waals surface area contributed by atoms with Gasteiger partial charge in [-0.05, 0) is 59.2 Å². The van der Waals surface area contributed by atoms with E-state index in [1.807, 2.05) is 7.05 Å². The van der Waals surface area contributed by atoms with Gasteiger partial charge >= 0.3 is 0 Å². The van der Waals surface area contributed by atoms with Crippen LogP contribution in [0.3, 0.4) is 0 Å². The summed E-state index contributed by atoms with van der Waals surface area (Å²) in [4.78, 5) is 16.3. The fourth-order valence-corrected chi connectivity index (χ4v) is 1.97. The fraction of sp³-hybridized carbons (Fsp3) is 0.562. The van der Waals surface area contributed by atoms with E-state index in [2.05, 4.69) is 23.9 Å². The van der Waals surface area contributed by atoms with Crippen molar-refractivity contribution in [1.82, 2.24) is 9.80 Å². The highest BCUT2D eigenvalue weighted by atomic mass is 19.1. The van der Waals surface area contributed by atoms with Crippen LogP contribution in [0.4, 0.5) is 4.39 Å². The lowest BCUT2D eigenvalue weighted by Crippen LogP contribution is -2.26. The van der Waals surface area contributed by atoms with Crippen molar-refractivity contribution in [3.05, 3.63) is 35.1 Å². The molecule has 1 aromatic carbocycles. The number of halogens is 1. The number of Topliss-reactive ketones (excluding diaryl/α,β-unsaturated/α-hetero) is 1. The van der Waals surface area contributed by atoms with Crippen LogP contribution in [-0.2, 0) is 0 Å². The van der Waals surface area contributed by atoms with E-state index >= 15 is 0 Å². The molecule has 0 spiro atoms. The van der Waals surface area contributed by atoms with Gasteiger partial charge in [0.25, 0.3) is 0 Å². The highest BCUT2D eigenvalue weighted by molar-refractivity contribution is 5.96. The SMILES string of the molecule is Cc1ccc(C(=O)CCN(C)CCCN(C)C)cc1F. The summed E-state index contributed by atoms with van der Waals surface area (Å²) < 4.78 is 13.4. The fourth-order valence-electron chi connectivity index (χ4n) is 1.97. The minimum Gasteiger partial charge on any atom is -0.309 e. The van der Waals surface area contributed by atoms with Gasteiger partial charge < -0.3 is 9.80 Å². The number of benzene rings is 1. The maximum Gasteiger partial charge on any atom is 0.164 e. The van der Waals surface area contributed by atoms with Crippen LogP contribution in [0, 0.1) is 12.7 Å². The molecule has 1 aromatic rings. The van der Waals surface area contributed by atoms with Crippen LogP contribution in [0.25, 0.3) is 0 Å². The summed E-state index contributed by atoms with van der Waals surface area (Å²) >= 11 is 0. The van der Waals surface area contributed by atoms with Gasteiger partial charge in [-0.15, -0.1) is 0 Å². The van der Waals surface area contributed by atoms with E-state index in [1.165, 1.54) is 6.07 Å². The lowest BCUT2D eigenvalue weighted by Gasteiger charge is -2.17. The van der Waals surface area contributed by atoms with Gasteiger partial charge in [0, 0.05) is 18.5 Å². The Morgan fingerprint density at radius 2 is 1.85 bits per heavy atom. The summed E-state index contributed by atoms with van der Waals surface area (Å²) in [5.74, 6) is -0.307. The lowest BCUT2D eigenvalue weighted by atomic mass is 10.1. The number of carbonyl (C=O) groups is 1. The molecule has 0 unspecified atom stereocenters. The smallest absolute Gasteiger partial charge is 0.164 e. The number of ketones is 1. The third-order valence-corrected chi connectivity index (χ3v) is 3.36. The summed E-state index contributed by atoms with van der Waals surface area (Å²) in [5, 5.41) is 0. The summed E-state index contributed by atoms with van der Waals surface area (Å²) in [6.45, 7) is 4.42. The maximum absolute atomic E-state index is 13.4. The highest BCUT2D eigenvalue weighted by Crippen LogP contribution is 2.11. The number of hydrogen-bond acceptors (Lipinski definition) is 3. The number of aryl methyl sites for hydroxylation is 1. The van der Waals surface area contributed by atoms with Crippen LogP contribution >= 0.6 is 0 Å². The third-order valence-electron chi connectivity index (χ3n) is 3.36. The first kappa shape index (κ1) is 16.8. The number of nitrogens with zero attached hydrogens (tertiary/aromatic N) is 2. The molecule has 4 heteroatoms. The first-order valence-electron chi connectivity index (χ1n) is 7.03. The molecule has 0 amide bonds. The van der Waals surface area contributed by atoms with Crippen LogP contribution < -0.4 is 0 Å². The Balaban J connectivity index is 2.37. The van der Waals surface area contributed by atoms with E-state index < -0.39 is 0 Å². The first-order chi connectivity index (χ1) is 9.40. The van der Waals surface area contributed by atoms with Crippen molar-refractivity contribution in [2.45, 2.75) is 19.8 Å². The van der Waals surface area contributed by atoms with Gasteiger partial charge in [0.1, 0.15) is 5.82 Å². The Morgan fingerprint density at radius 1 is 1.15 bits per heavy atom. The standard InChI is InChI=1S/C16H25FN2O/c1-13-6-7-14(12-15(13)17)16(20)8-11-19(4)10-5-9-18(2)3/h6-7,12H,5,8-11H2,1-4H3. The molecule has 0 aliphatic carbocycles. The summed E-state index contributed by atoms with van der Waals surface area (Å²) in [6, 6.07) is 4.69. The minimum absolute atomic E-state index is 0.00311. The molecule has 20 heavy (non-hydrogen) atoms. The molecule has 0 saturated heterocycles. The van der Waals surface area contributed by atoms with Crippen LogP contribution in [0.15, 0.2) is 18.2 Å². The molecule has 0 N–H and O–H groups in total. The molecule has 0 radical (unpaired) electrons. The molecule has 0 aliphatic rings. The number of carbonyl (C=O) groups excluding carboxylic acids is 1. The maximum atomic E-state index is 13.4. The lowest BCUT2D eigenvalue weighted by molar-refractivity contribution is 0.0968. The number of rotatable bonds is 8. The normalized spacial score (nSPS) is 11.3. The van der Waals surface area contributed by atoms with Crippen LogP contribution in [-0.4, -0.2) is 56.4 Å². The Kier molecular flexibility index (Phi) is 6.82. The minimum atomic E-state index is -0.310. The van der Waals surface area contributed by atoms with Crippen LogP contribution in [0.2, 0.25) is 0 Å². The molecule has 0 atom stereocenters. The second kappa shape index (κ2) is 8.12. The molecular formula is C16H25FN2O. The highest BCUT2D eigenvalue weighted by Gasteiger charge is 2.09. The van der Waals surface area contributed by atoms with Gasteiger partial charge in [-0.25, -0.2) is 4.39 Å². The summed E-state index contributed by atoms with van der Waals surface area (Å²) in [6.07, 6.45) is 1.51. The Labute approximate surface area is 121 Å². The molecule has 0 aliphatic heterocycles. The van der Waals surface area contributed by atoms with E-state index in [-0.39, 0.29) is 11.6 Å². The van der Waals surface area contributed by atoms with Gasteiger partial charge in [0.05, 0.1) is 0 Å². The third kappa shape index (κ3) is 5.80. The Morgan fingerprint density at radius 3 is 2.45 bits per heavy atom. The van der Waals surface area contributed by atoms with Gasteiger partial charge in [0.15, 0.2) is 5.78 Å². The largest absolute Gasteiger partial charge is 0.309 e. The average Bonchev–Trinajstić information content (AvgIpc) is 2.38. The summed E-state index contributed by atoms with van der Waals surface area (Å²) in [7, 11) is 6.11. The van der Waals surface area contributed by atoms with Crippen molar-refractivity contribution in [2.24, 2.45) is 0 Å². The van der Waals surface area contributed by atoms with E-state index in [0.29, 0.717) is 24.1 Å². The zero-order valence-electron chi connectivity index (χ0n) is 12.9. The first-order valence-corrected chi connectivity index (χ1v) is 7.03. The van der Waals surface area contributed by atoms with Crippen molar-refractivity contribution in [2.75, 3.05) is 40.8 Å². The van der Waals surface area contributed by atoms with Crippen LogP contribution in [0.1, 0.15) is 28.8 Å². The molecular weight excluding hydrogens is 255 g/mol. The summed E-state index contributed by atoms with van der Waals surface area (Å²) in [5.41, 5.74) is 1.04. The second-order valence-electron chi connectivity index (χ2n) is 5.60. The van der Waals surface area contributed by atoms with Crippen molar-refractivity contribution in [3.8, 4) is 0 Å². The van der Waals surface area contributed by atoms with Gasteiger partial charge in [-0.1, -0.05) is 12.1 Å². The van der Waals surface area contributed by atoms with E-state index in [4.69, 9.17) is 0 Å². The molecule has 0 fully saturated rings. The molecule has 0 aromatic heterocycles. The molecule has 0 heterocycles. The average molecular weight is 280 g/mol. The van der Waals surface area contributed by atoms with Crippen molar-refractivity contribution >= 4 is 5.78 Å². The quantitative estimate of drug-likeness (QED) is 0.684. The van der Waals surface area contributed by atoms with Gasteiger partial charge in [-0.2, -0.15) is 0 Å². The molecule has 1 rings (SSSR count). The van der Waals surface area contributed by atoms with Gasteiger partial charge in [-0.3, -0.25) is 4.79 Å².